The molecule has 90 valence electrons. The molecule has 1 amide bonds. The van der Waals surface area contributed by atoms with Gasteiger partial charge in [0.1, 0.15) is 0 Å². The van der Waals surface area contributed by atoms with Gasteiger partial charge in [0.2, 0.25) is 5.91 Å². The van der Waals surface area contributed by atoms with Crippen LogP contribution in [-0.2, 0) is 10.3 Å². The summed E-state index contributed by atoms with van der Waals surface area (Å²) in [7, 11) is 0. The molecule has 1 saturated heterocycles. The van der Waals surface area contributed by atoms with Gasteiger partial charge in [-0.2, -0.15) is 0 Å². The average molecular weight is 231 g/mol. The van der Waals surface area contributed by atoms with Gasteiger partial charge in [-0.15, -0.1) is 0 Å². The largest absolute Gasteiger partial charge is 0.321 e. The minimum absolute atomic E-state index is 0.132. The van der Waals surface area contributed by atoms with Crippen LogP contribution in [0.3, 0.4) is 0 Å². The fourth-order valence-electron chi connectivity index (χ4n) is 2.29. The summed E-state index contributed by atoms with van der Waals surface area (Å²) < 4.78 is 0. The molecule has 0 bridgehead atoms. The second-order valence-corrected chi connectivity index (χ2v) is 4.93. The molecule has 3 rings (SSSR count). The predicted molar refractivity (Wildman–Crippen MR) is 66.8 cm³/mol. The first-order valence-electron chi connectivity index (χ1n) is 6.10. The van der Waals surface area contributed by atoms with E-state index < -0.39 is 0 Å². The third-order valence-corrected chi connectivity index (χ3v) is 3.61. The molecule has 0 unspecified atom stereocenters. The maximum absolute atomic E-state index is 11.8. The molecule has 0 atom stereocenters. The first-order chi connectivity index (χ1) is 8.19. The molecular formula is C13H17N3O. The van der Waals surface area contributed by atoms with E-state index in [0.29, 0.717) is 6.54 Å². The van der Waals surface area contributed by atoms with Crippen LogP contribution in [0.25, 0.3) is 0 Å². The van der Waals surface area contributed by atoms with E-state index in [1.54, 1.807) is 0 Å². The molecule has 2 fully saturated rings. The van der Waals surface area contributed by atoms with E-state index in [4.69, 9.17) is 5.73 Å². The minimum atomic E-state index is -0.132. The number of hydrogen-bond donors (Lipinski definition) is 2. The Balaban J connectivity index is 1.89. The van der Waals surface area contributed by atoms with Crippen molar-refractivity contribution in [2.75, 3.05) is 24.5 Å². The lowest BCUT2D eigenvalue weighted by molar-refractivity contribution is -0.118. The van der Waals surface area contributed by atoms with Gasteiger partial charge >= 0.3 is 0 Å². The van der Waals surface area contributed by atoms with Crippen LogP contribution in [0.1, 0.15) is 18.4 Å². The van der Waals surface area contributed by atoms with Crippen molar-refractivity contribution in [3.8, 4) is 0 Å². The van der Waals surface area contributed by atoms with Crippen LogP contribution in [0, 0.1) is 0 Å². The highest BCUT2D eigenvalue weighted by Crippen LogP contribution is 2.43. The van der Waals surface area contributed by atoms with Crippen molar-refractivity contribution in [1.29, 1.82) is 0 Å². The van der Waals surface area contributed by atoms with Crippen molar-refractivity contribution >= 4 is 11.6 Å². The normalized spacial score (nSPS) is 22.6. The molecule has 1 heterocycles. The van der Waals surface area contributed by atoms with Gasteiger partial charge in [-0.1, -0.05) is 12.1 Å². The Labute approximate surface area is 101 Å². The molecule has 4 heteroatoms. The van der Waals surface area contributed by atoms with Gasteiger partial charge in [-0.25, -0.2) is 0 Å². The van der Waals surface area contributed by atoms with E-state index in [-0.39, 0.29) is 11.4 Å². The predicted octanol–water partition coefficient (Wildman–Crippen LogP) is 0.571. The number of nitrogens with one attached hydrogen (secondary N) is 1. The van der Waals surface area contributed by atoms with Crippen LogP contribution >= 0.6 is 0 Å². The lowest BCUT2D eigenvalue weighted by atomic mass is 10.0. The maximum Gasteiger partial charge on any atom is 0.240 e. The molecule has 0 spiro atoms. The van der Waals surface area contributed by atoms with E-state index >= 15 is 0 Å². The first kappa shape index (κ1) is 10.7. The molecule has 1 aliphatic carbocycles. The van der Waals surface area contributed by atoms with Crippen LogP contribution in [0.2, 0.25) is 0 Å². The molecule has 1 aliphatic heterocycles. The third-order valence-electron chi connectivity index (χ3n) is 3.61. The van der Waals surface area contributed by atoms with E-state index in [2.05, 4.69) is 17.4 Å². The first-order valence-corrected chi connectivity index (χ1v) is 6.10. The molecule has 17 heavy (non-hydrogen) atoms. The Kier molecular flexibility index (Phi) is 2.42. The van der Waals surface area contributed by atoms with Crippen LogP contribution in [0.4, 0.5) is 5.69 Å². The van der Waals surface area contributed by atoms with Gasteiger partial charge in [0, 0.05) is 24.3 Å². The smallest absolute Gasteiger partial charge is 0.240 e. The summed E-state index contributed by atoms with van der Waals surface area (Å²) in [4.78, 5) is 13.6. The highest BCUT2D eigenvalue weighted by molar-refractivity contribution is 5.95. The number of piperazine rings is 1. The number of nitrogens with zero attached hydrogens (tertiary/aromatic N) is 1. The van der Waals surface area contributed by atoms with E-state index in [1.165, 1.54) is 0 Å². The standard InChI is InChI=1S/C13H17N3O/c14-13(4-5-13)10-2-1-3-11(8-10)16-7-6-15-9-12(16)17/h1-3,8,15H,4-7,9,14H2. The van der Waals surface area contributed by atoms with Gasteiger partial charge in [-0.3, -0.25) is 4.79 Å². The SMILES string of the molecule is NC1(c2cccc(N3CCNCC3=O)c2)CC1. The summed E-state index contributed by atoms with van der Waals surface area (Å²) in [6, 6.07) is 8.10. The number of carbonyl (C=O) groups excluding carboxylic acids is 1. The van der Waals surface area contributed by atoms with Crippen LogP contribution in [0.15, 0.2) is 24.3 Å². The zero-order chi connectivity index (χ0) is 11.9. The van der Waals surface area contributed by atoms with E-state index in [9.17, 15) is 4.79 Å². The number of anilines is 1. The van der Waals surface area contributed by atoms with Crippen LogP contribution in [0.5, 0.6) is 0 Å². The van der Waals surface area contributed by atoms with E-state index in [0.717, 1.165) is 37.2 Å². The molecular weight excluding hydrogens is 214 g/mol. The van der Waals surface area contributed by atoms with Crippen molar-refractivity contribution in [3.05, 3.63) is 29.8 Å². The van der Waals surface area contributed by atoms with Crippen molar-refractivity contribution in [2.45, 2.75) is 18.4 Å². The highest BCUT2D eigenvalue weighted by Gasteiger charge is 2.40. The summed E-state index contributed by atoms with van der Waals surface area (Å²) in [5.74, 6) is 0.135. The summed E-state index contributed by atoms with van der Waals surface area (Å²) in [5.41, 5.74) is 8.18. The van der Waals surface area contributed by atoms with Gasteiger partial charge in [0.15, 0.2) is 0 Å². The van der Waals surface area contributed by atoms with Crippen molar-refractivity contribution < 1.29 is 4.79 Å². The average Bonchev–Trinajstić information content (AvgIpc) is 3.10. The Bertz CT molecular complexity index is 454. The van der Waals surface area contributed by atoms with Crippen LogP contribution in [-0.4, -0.2) is 25.5 Å². The monoisotopic (exact) mass is 231 g/mol. The van der Waals surface area contributed by atoms with Crippen molar-refractivity contribution in [1.82, 2.24) is 5.32 Å². The summed E-state index contributed by atoms with van der Waals surface area (Å²) in [5, 5.41) is 3.08. The van der Waals surface area contributed by atoms with Crippen molar-refractivity contribution in [2.24, 2.45) is 5.73 Å². The zero-order valence-electron chi connectivity index (χ0n) is 9.78. The molecule has 4 nitrogen and oxygen atoms in total. The highest BCUT2D eigenvalue weighted by atomic mass is 16.2. The lowest BCUT2D eigenvalue weighted by Crippen LogP contribution is -2.48. The summed E-state index contributed by atoms with van der Waals surface area (Å²) in [6.07, 6.45) is 2.10. The molecule has 2 aliphatic rings. The Morgan fingerprint density at radius 2 is 2.18 bits per heavy atom. The lowest BCUT2D eigenvalue weighted by Gasteiger charge is -2.28. The number of rotatable bonds is 2. The maximum atomic E-state index is 11.8. The molecule has 3 N–H and O–H groups in total. The Morgan fingerprint density at radius 1 is 1.35 bits per heavy atom. The number of carbonyl (C=O) groups is 1. The van der Waals surface area contributed by atoms with Crippen molar-refractivity contribution in [3.63, 3.8) is 0 Å². The van der Waals surface area contributed by atoms with Gasteiger partial charge in [-0.05, 0) is 30.5 Å². The van der Waals surface area contributed by atoms with Gasteiger partial charge in [0.05, 0.1) is 6.54 Å². The zero-order valence-corrected chi connectivity index (χ0v) is 9.78. The number of nitrogens with two attached hydrogens (primary N) is 1. The number of hydrogen-bond acceptors (Lipinski definition) is 3. The van der Waals surface area contributed by atoms with Crippen LogP contribution < -0.4 is 16.0 Å². The second-order valence-electron chi connectivity index (χ2n) is 4.93. The topological polar surface area (TPSA) is 58.4 Å². The minimum Gasteiger partial charge on any atom is -0.321 e. The Hall–Kier alpha value is -1.39. The fourth-order valence-corrected chi connectivity index (χ4v) is 2.29. The summed E-state index contributed by atoms with van der Waals surface area (Å²) in [6.45, 7) is 2.02. The molecule has 1 aromatic rings. The summed E-state index contributed by atoms with van der Waals surface area (Å²) >= 11 is 0. The second kappa shape index (κ2) is 3.82. The molecule has 0 aromatic heterocycles. The third kappa shape index (κ3) is 1.94. The molecule has 1 aromatic carbocycles. The fraction of sp³-hybridized carbons (Fsp3) is 0.462. The number of benzene rings is 1. The Morgan fingerprint density at radius 3 is 2.88 bits per heavy atom. The quantitative estimate of drug-likeness (QED) is 0.782. The van der Waals surface area contributed by atoms with E-state index in [1.807, 2.05) is 17.0 Å². The van der Waals surface area contributed by atoms with Gasteiger partial charge < -0.3 is 16.0 Å². The number of amides is 1. The molecule has 0 radical (unpaired) electrons. The molecule has 1 saturated carbocycles. The van der Waals surface area contributed by atoms with Gasteiger partial charge in [0.25, 0.3) is 0 Å².